The summed E-state index contributed by atoms with van der Waals surface area (Å²) in [6.45, 7) is 35.7. The maximum Gasteiger partial charge on any atom is 0.295 e. The minimum absolute atomic E-state index is 0.117. The van der Waals surface area contributed by atoms with E-state index in [1.807, 2.05) is 0 Å². The summed E-state index contributed by atoms with van der Waals surface area (Å²) in [5.41, 5.74) is 39.5. The van der Waals surface area contributed by atoms with E-state index in [4.69, 9.17) is 15.0 Å². The van der Waals surface area contributed by atoms with Crippen molar-refractivity contribution in [1.29, 1.82) is 0 Å². The maximum atomic E-state index is 5.13. The number of hydrogen-bond donors (Lipinski definition) is 0. The Bertz CT molecular complexity index is 7040. The lowest BCUT2D eigenvalue weighted by atomic mass is 9.87. The third kappa shape index (κ3) is 14.1. The molecular weight excluding hydrogens is 1500 g/mol. The fourth-order valence-electron chi connectivity index (χ4n) is 17.7. The number of thiazole rings is 3. The number of aromatic nitrogens is 9. The van der Waals surface area contributed by atoms with Crippen molar-refractivity contribution >= 4 is 97.8 Å². The summed E-state index contributed by atoms with van der Waals surface area (Å²) >= 11 is 5.36. The molecule has 0 atom stereocenters. The van der Waals surface area contributed by atoms with Crippen molar-refractivity contribution in [2.45, 2.75) is 128 Å². The molecule has 118 heavy (non-hydrogen) atoms. The van der Waals surface area contributed by atoms with Gasteiger partial charge in [0.2, 0.25) is 0 Å². The van der Waals surface area contributed by atoms with E-state index in [9.17, 15) is 0 Å². The fourth-order valence-corrected chi connectivity index (χ4v) is 21.2. The van der Waals surface area contributed by atoms with E-state index in [-0.39, 0.29) is 5.41 Å². The highest BCUT2D eigenvalue weighted by Crippen LogP contribution is 2.45. The average Bonchev–Trinajstić information content (AvgIpc) is 1.61. The van der Waals surface area contributed by atoms with Gasteiger partial charge >= 0.3 is 0 Å². The fraction of sp³-hybridized carbons (Fsp3) is 0.208. The summed E-state index contributed by atoms with van der Waals surface area (Å²) in [5, 5.41) is 3.27. The summed E-state index contributed by atoms with van der Waals surface area (Å²) in [7, 11) is 6.56. The normalized spacial score (nSPS) is 11.8. The van der Waals surface area contributed by atoms with E-state index in [0.717, 1.165) is 37.4 Å². The zero-order valence-electron chi connectivity index (χ0n) is 71.2. The van der Waals surface area contributed by atoms with Crippen LogP contribution < -0.4 is 13.7 Å². The van der Waals surface area contributed by atoms with Crippen molar-refractivity contribution in [2.75, 3.05) is 0 Å². The molecule has 0 amide bonds. The number of hydrogen-bond acceptors (Lipinski definition) is 6. The second kappa shape index (κ2) is 31.4. The van der Waals surface area contributed by atoms with E-state index in [0.29, 0.717) is 11.8 Å². The van der Waals surface area contributed by atoms with Crippen molar-refractivity contribution in [1.82, 2.24) is 28.7 Å². The largest absolute Gasteiger partial charge is 0.295 e. The Morgan fingerprint density at radius 3 is 1.03 bits per heavy atom. The molecule has 0 spiro atoms. The lowest BCUT2D eigenvalue weighted by molar-refractivity contribution is -0.634. The summed E-state index contributed by atoms with van der Waals surface area (Å²) in [5.74, 6) is 4.34. The number of imidazole rings is 3. The van der Waals surface area contributed by atoms with Gasteiger partial charge in [-0.2, -0.15) is 13.7 Å². The van der Waals surface area contributed by atoms with Crippen molar-refractivity contribution < 1.29 is 13.7 Å². The molecular formula is C106H102N9S3+3. The van der Waals surface area contributed by atoms with Gasteiger partial charge in [-0.15, -0.1) is 34.0 Å². The molecule has 12 heteroatoms. The Hall–Kier alpha value is -12.1. The van der Waals surface area contributed by atoms with E-state index >= 15 is 0 Å². The van der Waals surface area contributed by atoms with E-state index in [2.05, 4.69) is 420 Å². The van der Waals surface area contributed by atoms with Crippen LogP contribution in [0.3, 0.4) is 0 Å². The molecule has 13 aromatic carbocycles. The highest BCUT2D eigenvalue weighted by Gasteiger charge is 2.35. The molecule has 0 radical (unpaired) electrons. The number of fused-ring (bicyclic) bond motifs is 6. The first-order chi connectivity index (χ1) is 56.8. The quantitative estimate of drug-likeness (QED) is 0.115. The van der Waals surface area contributed by atoms with Crippen LogP contribution in [0, 0.1) is 62.3 Å². The number of para-hydroxylation sites is 8. The van der Waals surface area contributed by atoms with Crippen molar-refractivity contribution in [2.24, 2.45) is 21.1 Å². The van der Waals surface area contributed by atoms with Gasteiger partial charge in [-0.05, 0) is 232 Å². The lowest BCUT2D eigenvalue weighted by Gasteiger charge is -2.18. The topological polar surface area (TPSA) is 65.1 Å². The molecule has 19 rings (SSSR count). The molecule has 19 aromatic rings. The lowest BCUT2D eigenvalue weighted by Crippen LogP contribution is -2.30. The van der Waals surface area contributed by atoms with Crippen LogP contribution in [0.5, 0.6) is 0 Å². The Morgan fingerprint density at radius 1 is 0.314 bits per heavy atom. The standard InChI is InChI=1S/C36H30N3S.C36H38N3S.C34H34N3S/c1-23-13-12-14-24(2)34(23)35-37-29-21-25(3)28(22-33(29)40-35)36-38(4)31-19-10-11-20-32(31)39(36)30-18-9-8-17-27(30)26-15-6-5-7-16-26;1-21(2)26-15-12-16-27(22(3)4)34(26)39-31-18-10-9-17-30(31)38(8)36(39)28-20-32-29(19-25(28)7)37-35(40-32)33-23(5)13-11-14-24(33)6;1-21-11-10-12-22(2)31(21)32-35-27-19-23(3)26(20-30(27)38-32)33-36(7)28-13-8-9-14-29(28)37(33)25-17-15-24(16-18-25)34(4,5)6/h5-22H,1-4H3;9-22H,1-8H3;8-20H,1-7H3/q3*+1. The predicted molar refractivity (Wildman–Crippen MR) is 500 cm³/mol. The monoisotopic (exact) mass is 1600 g/mol. The minimum atomic E-state index is 0.117. The zero-order chi connectivity index (χ0) is 82.4. The second-order valence-corrected chi connectivity index (χ2v) is 36.7. The molecule has 0 unspecified atom stereocenters. The van der Waals surface area contributed by atoms with Gasteiger partial charge in [-0.25, -0.2) is 28.7 Å². The van der Waals surface area contributed by atoms with Crippen molar-refractivity contribution in [3.63, 3.8) is 0 Å². The van der Waals surface area contributed by atoms with E-state index in [1.165, 1.54) is 187 Å². The smallest absolute Gasteiger partial charge is 0.236 e. The Balaban J connectivity index is 0.000000127. The van der Waals surface area contributed by atoms with Gasteiger partial charge in [0.05, 0.1) is 68.5 Å². The second-order valence-electron chi connectivity index (χ2n) is 33.7. The van der Waals surface area contributed by atoms with Crippen LogP contribution in [0.1, 0.15) is 127 Å². The minimum Gasteiger partial charge on any atom is -0.236 e. The molecule has 0 aliphatic heterocycles. The van der Waals surface area contributed by atoms with Crippen molar-refractivity contribution in [3.05, 3.63) is 328 Å². The van der Waals surface area contributed by atoms with E-state index < -0.39 is 0 Å². The molecule has 6 heterocycles. The molecule has 586 valence electrons. The third-order valence-electron chi connectivity index (χ3n) is 23.8. The predicted octanol–water partition coefficient (Wildman–Crippen LogP) is 27.2. The third-order valence-corrected chi connectivity index (χ3v) is 26.9. The maximum absolute atomic E-state index is 5.13. The molecule has 0 saturated heterocycles. The number of rotatable bonds is 12. The van der Waals surface area contributed by atoms with Gasteiger partial charge in [-0.3, -0.25) is 0 Å². The molecule has 0 fully saturated rings. The van der Waals surface area contributed by atoms with Gasteiger partial charge in [-0.1, -0.05) is 218 Å². The van der Waals surface area contributed by atoms with Crippen molar-refractivity contribution in [3.8, 4) is 94.1 Å². The van der Waals surface area contributed by atoms with Gasteiger partial charge in [0.1, 0.15) is 32.1 Å². The van der Waals surface area contributed by atoms with Gasteiger partial charge < -0.3 is 0 Å². The summed E-state index contributed by atoms with van der Waals surface area (Å²) in [4.78, 5) is 15.3. The SMILES string of the molecule is Cc1cc2nc(-c3c(C)cccc3C)sc2cc1-c1n(-c2c(C(C)C)cccc2C(C)C)c2ccccc2[n+]1C.Cc1cc2nc(-c3c(C)cccc3C)sc2cc1-c1n(-c2ccc(C(C)(C)C)cc2)c2ccccc2[n+]1C.Cc1cc2nc(-c3c(C)cccc3C)sc2cc1-c1n(-c2ccccc2-c2ccccc2)c2ccccc2[n+]1C. The van der Waals surface area contributed by atoms with Gasteiger partial charge in [0.25, 0.3) is 17.5 Å². The van der Waals surface area contributed by atoms with Crippen LogP contribution in [0.2, 0.25) is 0 Å². The van der Waals surface area contributed by atoms with Crippen LogP contribution in [0.4, 0.5) is 0 Å². The first-order valence-corrected chi connectivity index (χ1v) is 43.6. The molecule has 0 aliphatic rings. The molecule has 0 aliphatic carbocycles. The van der Waals surface area contributed by atoms with Crippen LogP contribution in [-0.2, 0) is 26.6 Å². The van der Waals surface area contributed by atoms with Crippen LogP contribution in [-0.4, -0.2) is 28.7 Å². The van der Waals surface area contributed by atoms with E-state index in [1.54, 1.807) is 34.0 Å². The summed E-state index contributed by atoms with van der Waals surface area (Å²) in [6, 6.07) is 94.7. The van der Waals surface area contributed by atoms with Gasteiger partial charge in [0.15, 0.2) is 33.1 Å². The highest BCUT2D eigenvalue weighted by atomic mass is 32.1. The zero-order valence-corrected chi connectivity index (χ0v) is 73.7. The van der Waals surface area contributed by atoms with Crippen LogP contribution in [0.15, 0.2) is 261 Å². The molecule has 0 N–H and O–H groups in total. The first-order valence-electron chi connectivity index (χ1n) is 41.1. The van der Waals surface area contributed by atoms with Crippen LogP contribution >= 0.6 is 34.0 Å². The Labute approximate surface area is 705 Å². The summed E-state index contributed by atoms with van der Waals surface area (Å²) < 4.78 is 18.0. The Kier molecular flexibility index (Phi) is 20.9. The van der Waals surface area contributed by atoms with Crippen LogP contribution in [0.25, 0.3) is 158 Å². The first kappa shape index (κ1) is 78.5. The molecule has 0 saturated carbocycles. The summed E-state index contributed by atoms with van der Waals surface area (Å²) in [6.07, 6.45) is 0. The molecule has 0 bridgehead atoms. The number of aryl methyl sites for hydroxylation is 12. The highest BCUT2D eigenvalue weighted by molar-refractivity contribution is 7.22. The molecule has 6 aromatic heterocycles. The number of benzene rings is 13. The average molecular weight is 1600 g/mol. The molecule has 9 nitrogen and oxygen atoms in total. The Morgan fingerprint density at radius 2 is 0.644 bits per heavy atom. The number of nitrogens with zero attached hydrogens (tertiary/aromatic N) is 9. The van der Waals surface area contributed by atoms with Gasteiger partial charge in [0, 0.05) is 33.4 Å².